The second-order valence-corrected chi connectivity index (χ2v) is 5.58. The summed E-state index contributed by atoms with van der Waals surface area (Å²) in [4.78, 5) is 0. The number of rotatable bonds is 2. The second-order valence-electron chi connectivity index (χ2n) is 4.39. The maximum atomic E-state index is 6.14. The molecule has 0 spiro atoms. The summed E-state index contributed by atoms with van der Waals surface area (Å²) in [7, 11) is 0. The molecule has 1 heterocycles. The molecule has 0 amide bonds. The van der Waals surface area contributed by atoms with Gasteiger partial charge in [0.05, 0.1) is 5.69 Å². The molecule has 2 aromatic rings. The van der Waals surface area contributed by atoms with Crippen molar-refractivity contribution in [2.45, 2.75) is 25.7 Å². The van der Waals surface area contributed by atoms with Crippen LogP contribution in [0.4, 0.5) is 0 Å². The zero-order valence-corrected chi connectivity index (χ0v) is 11.7. The van der Waals surface area contributed by atoms with Gasteiger partial charge in [0, 0.05) is 10.4 Å². The van der Waals surface area contributed by atoms with Crippen molar-refractivity contribution in [2.24, 2.45) is 0 Å². The Morgan fingerprint density at radius 3 is 2.82 bits per heavy atom. The van der Waals surface area contributed by atoms with E-state index in [-0.39, 0.29) is 0 Å². The smallest absolute Gasteiger partial charge is 0.229 e. The summed E-state index contributed by atoms with van der Waals surface area (Å²) in [5.74, 6) is 1.49. The molecule has 1 aliphatic carbocycles. The first-order valence-electron chi connectivity index (χ1n) is 5.54. The largest absolute Gasteiger partial charge is 0.268 e. The first-order chi connectivity index (χ1) is 8.16. The molecule has 3 nitrogen and oxygen atoms in total. The van der Waals surface area contributed by atoms with E-state index in [1.54, 1.807) is 0 Å². The predicted molar refractivity (Wildman–Crippen MR) is 70.8 cm³/mol. The first kappa shape index (κ1) is 11.2. The molecule has 0 aliphatic heterocycles. The van der Waals surface area contributed by atoms with Gasteiger partial charge >= 0.3 is 0 Å². The summed E-state index contributed by atoms with van der Waals surface area (Å²) in [6, 6.07) is 6.17. The molecular formula is C12H11BrClN3. The maximum absolute atomic E-state index is 6.14. The number of halogens is 2. The number of hydrogen-bond donors (Lipinski definition) is 0. The molecule has 1 fully saturated rings. The molecule has 0 saturated heterocycles. The lowest BCUT2D eigenvalue weighted by Crippen LogP contribution is -2.01. The summed E-state index contributed by atoms with van der Waals surface area (Å²) in [5, 5.41) is 8.60. The highest BCUT2D eigenvalue weighted by atomic mass is 79.9. The summed E-state index contributed by atoms with van der Waals surface area (Å²) in [6.45, 7) is 2.06. The topological polar surface area (TPSA) is 30.7 Å². The number of nitrogens with zero attached hydrogens (tertiary/aromatic N) is 3. The monoisotopic (exact) mass is 311 g/mol. The molecule has 0 atom stereocenters. The van der Waals surface area contributed by atoms with Crippen molar-refractivity contribution < 1.29 is 0 Å². The van der Waals surface area contributed by atoms with Crippen molar-refractivity contribution >= 4 is 27.5 Å². The van der Waals surface area contributed by atoms with Gasteiger partial charge in [-0.2, -0.15) is 0 Å². The van der Waals surface area contributed by atoms with Gasteiger partial charge in [-0.3, -0.25) is 4.57 Å². The van der Waals surface area contributed by atoms with E-state index in [1.807, 2.05) is 10.6 Å². The Labute approximate surface area is 113 Å². The van der Waals surface area contributed by atoms with Crippen molar-refractivity contribution in [1.82, 2.24) is 14.8 Å². The Kier molecular flexibility index (Phi) is 2.71. The highest BCUT2D eigenvalue weighted by molar-refractivity contribution is 9.10. The van der Waals surface area contributed by atoms with Crippen LogP contribution in [0.1, 0.15) is 30.1 Å². The first-order valence-corrected chi connectivity index (χ1v) is 6.71. The normalized spacial score (nSPS) is 15.2. The summed E-state index contributed by atoms with van der Waals surface area (Å²) < 4.78 is 2.95. The standard InChI is InChI=1S/C12H11BrClN3/c1-7-2-5-9(13)10(6-7)17-11(8-3-4-8)15-16-12(17)14/h2,5-6,8H,3-4H2,1H3. The predicted octanol–water partition coefficient (Wildman–Crippen LogP) is 3.87. The van der Waals surface area contributed by atoms with Crippen LogP contribution >= 0.6 is 27.5 Å². The fraction of sp³-hybridized carbons (Fsp3) is 0.333. The van der Waals surface area contributed by atoms with Crippen LogP contribution in [-0.2, 0) is 0 Å². The van der Waals surface area contributed by atoms with Crippen LogP contribution in [0, 0.1) is 6.92 Å². The molecular weight excluding hydrogens is 302 g/mol. The lowest BCUT2D eigenvalue weighted by molar-refractivity contribution is 0.869. The van der Waals surface area contributed by atoms with Gasteiger partial charge < -0.3 is 0 Å². The third-order valence-corrected chi connectivity index (χ3v) is 3.85. The Balaban J connectivity index is 2.19. The van der Waals surface area contributed by atoms with Gasteiger partial charge in [0.15, 0.2) is 0 Å². The molecule has 1 aromatic heterocycles. The minimum atomic E-state index is 0.429. The minimum absolute atomic E-state index is 0.429. The van der Waals surface area contributed by atoms with E-state index in [9.17, 15) is 0 Å². The molecule has 1 aromatic carbocycles. The van der Waals surface area contributed by atoms with Crippen LogP contribution in [0.3, 0.4) is 0 Å². The molecule has 17 heavy (non-hydrogen) atoms. The van der Waals surface area contributed by atoms with Crippen molar-refractivity contribution in [2.75, 3.05) is 0 Å². The van der Waals surface area contributed by atoms with Crippen LogP contribution in [-0.4, -0.2) is 14.8 Å². The molecule has 0 radical (unpaired) electrons. The minimum Gasteiger partial charge on any atom is -0.268 e. The van der Waals surface area contributed by atoms with Crippen LogP contribution in [0.2, 0.25) is 5.28 Å². The van der Waals surface area contributed by atoms with Crippen LogP contribution in [0.15, 0.2) is 22.7 Å². The lowest BCUT2D eigenvalue weighted by Gasteiger charge is -2.10. The molecule has 1 saturated carbocycles. The average molecular weight is 313 g/mol. The SMILES string of the molecule is Cc1ccc(Br)c(-n2c(Cl)nnc2C2CC2)c1. The zero-order valence-electron chi connectivity index (χ0n) is 9.32. The molecule has 0 N–H and O–H groups in total. The summed E-state index contributed by atoms with van der Waals surface area (Å²) in [6.07, 6.45) is 2.36. The van der Waals surface area contributed by atoms with E-state index in [0.717, 1.165) is 16.0 Å². The second kappa shape index (κ2) is 4.10. The molecule has 5 heteroatoms. The van der Waals surface area contributed by atoms with E-state index in [4.69, 9.17) is 11.6 Å². The molecule has 3 rings (SSSR count). The van der Waals surface area contributed by atoms with E-state index in [2.05, 4.69) is 45.2 Å². The molecule has 0 bridgehead atoms. The maximum Gasteiger partial charge on any atom is 0.229 e. The average Bonchev–Trinajstić information content (AvgIpc) is 3.07. The number of benzene rings is 1. The van der Waals surface area contributed by atoms with E-state index >= 15 is 0 Å². The molecule has 0 unspecified atom stereocenters. The van der Waals surface area contributed by atoms with Crippen molar-refractivity contribution in [1.29, 1.82) is 0 Å². The van der Waals surface area contributed by atoms with Gasteiger partial charge in [-0.1, -0.05) is 6.07 Å². The highest BCUT2D eigenvalue weighted by Crippen LogP contribution is 2.41. The van der Waals surface area contributed by atoms with Gasteiger partial charge in [-0.05, 0) is 65.0 Å². The fourth-order valence-corrected chi connectivity index (χ4v) is 2.54. The van der Waals surface area contributed by atoms with Gasteiger partial charge in [0.25, 0.3) is 0 Å². The lowest BCUT2D eigenvalue weighted by atomic mass is 10.2. The molecule has 1 aliphatic rings. The van der Waals surface area contributed by atoms with E-state index in [1.165, 1.54) is 18.4 Å². The number of aromatic nitrogens is 3. The highest BCUT2D eigenvalue weighted by Gasteiger charge is 2.31. The van der Waals surface area contributed by atoms with E-state index < -0.39 is 0 Å². The van der Waals surface area contributed by atoms with Crippen molar-refractivity contribution in [3.8, 4) is 5.69 Å². The van der Waals surface area contributed by atoms with Gasteiger partial charge in [-0.15, -0.1) is 10.2 Å². The Bertz CT molecular complexity index is 575. The number of hydrogen-bond acceptors (Lipinski definition) is 2. The summed E-state index contributed by atoms with van der Waals surface area (Å²) in [5.41, 5.74) is 2.21. The van der Waals surface area contributed by atoms with Crippen LogP contribution in [0.25, 0.3) is 5.69 Å². The Morgan fingerprint density at radius 1 is 1.35 bits per heavy atom. The summed E-state index contributed by atoms with van der Waals surface area (Å²) >= 11 is 9.70. The van der Waals surface area contributed by atoms with Crippen molar-refractivity contribution in [3.05, 3.63) is 39.3 Å². The fourth-order valence-electron chi connectivity index (χ4n) is 1.90. The van der Waals surface area contributed by atoms with Gasteiger partial charge in [-0.25, -0.2) is 0 Å². The van der Waals surface area contributed by atoms with Crippen LogP contribution < -0.4 is 0 Å². The Hall–Kier alpha value is -0.870. The quantitative estimate of drug-likeness (QED) is 0.843. The molecule has 88 valence electrons. The zero-order chi connectivity index (χ0) is 12.0. The number of aryl methyl sites for hydroxylation is 1. The van der Waals surface area contributed by atoms with Crippen LogP contribution in [0.5, 0.6) is 0 Å². The van der Waals surface area contributed by atoms with Gasteiger partial charge in [0.1, 0.15) is 5.82 Å². The third-order valence-electron chi connectivity index (χ3n) is 2.93. The third kappa shape index (κ3) is 2.00. The Morgan fingerprint density at radius 2 is 2.12 bits per heavy atom. The van der Waals surface area contributed by atoms with Crippen molar-refractivity contribution in [3.63, 3.8) is 0 Å². The van der Waals surface area contributed by atoms with Gasteiger partial charge in [0.2, 0.25) is 5.28 Å². The van der Waals surface area contributed by atoms with E-state index in [0.29, 0.717) is 11.2 Å².